The van der Waals surface area contributed by atoms with E-state index in [1.165, 1.54) is 28.7 Å². The van der Waals surface area contributed by atoms with Crippen LogP contribution in [0.5, 0.6) is 5.75 Å². The molecule has 2 heterocycles. The van der Waals surface area contributed by atoms with E-state index in [4.69, 9.17) is 4.74 Å². The van der Waals surface area contributed by atoms with Crippen LogP contribution in [-0.4, -0.2) is 26.9 Å². The standard InChI is InChI=1S/C23H24N4O2/c1-14-19(4-3-5-21(14)29-2)16-8-9-20-17(10-16)13-26-27(22(20)28)23-24-11-18(12-25-23)15-6-7-15/h3-5,11-13,15-16H,6-10H2,1-2H3. The molecule has 5 rings (SSSR count). The van der Waals surface area contributed by atoms with E-state index >= 15 is 0 Å². The molecule has 2 aliphatic carbocycles. The van der Waals surface area contributed by atoms with Crippen LogP contribution in [0.1, 0.15) is 58.9 Å². The average molecular weight is 388 g/mol. The predicted octanol–water partition coefficient (Wildman–Crippen LogP) is 3.49. The van der Waals surface area contributed by atoms with Crippen LogP contribution in [-0.2, 0) is 12.8 Å². The van der Waals surface area contributed by atoms with E-state index in [1.54, 1.807) is 7.11 Å². The topological polar surface area (TPSA) is 69.9 Å². The molecule has 1 atom stereocenters. The van der Waals surface area contributed by atoms with Crippen molar-refractivity contribution in [2.75, 3.05) is 7.11 Å². The lowest BCUT2D eigenvalue weighted by atomic mass is 9.79. The van der Waals surface area contributed by atoms with Crippen molar-refractivity contribution in [2.24, 2.45) is 0 Å². The highest BCUT2D eigenvalue weighted by molar-refractivity contribution is 5.43. The molecule has 0 bridgehead atoms. The summed E-state index contributed by atoms with van der Waals surface area (Å²) in [5, 5.41) is 4.39. The Hall–Kier alpha value is -3.02. The number of methoxy groups -OCH3 is 1. The van der Waals surface area contributed by atoms with Gasteiger partial charge >= 0.3 is 0 Å². The van der Waals surface area contributed by atoms with Crippen molar-refractivity contribution in [3.63, 3.8) is 0 Å². The number of benzene rings is 1. The van der Waals surface area contributed by atoms with Crippen molar-refractivity contribution >= 4 is 0 Å². The van der Waals surface area contributed by atoms with Gasteiger partial charge in [0.25, 0.3) is 11.5 Å². The molecule has 1 unspecified atom stereocenters. The van der Waals surface area contributed by atoms with Crippen molar-refractivity contribution in [2.45, 2.75) is 50.9 Å². The third kappa shape index (κ3) is 3.22. The Morgan fingerprint density at radius 3 is 2.59 bits per heavy atom. The van der Waals surface area contributed by atoms with Gasteiger partial charge in [0.2, 0.25) is 0 Å². The Morgan fingerprint density at radius 2 is 1.86 bits per heavy atom. The number of nitrogens with zero attached hydrogens (tertiary/aromatic N) is 4. The van der Waals surface area contributed by atoms with E-state index in [0.29, 0.717) is 17.8 Å². The number of aromatic nitrogens is 4. The summed E-state index contributed by atoms with van der Waals surface area (Å²) in [4.78, 5) is 21.8. The molecule has 148 valence electrons. The molecular formula is C23H24N4O2. The highest BCUT2D eigenvalue weighted by Crippen LogP contribution is 2.39. The maximum Gasteiger partial charge on any atom is 0.277 e. The first-order valence-electron chi connectivity index (χ1n) is 10.2. The summed E-state index contributed by atoms with van der Waals surface area (Å²) in [5.74, 6) is 2.22. The van der Waals surface area contributed by atoms with Crippen LogP contribution in [0.2, 0.25) is 0 Å². The number of rotatable bonds is 4. The molecule has 2 aliphatic rings. The fraction of sp³-hybridized carbons (Fsp3) is 0.391. The quantitative estimate of drug-likeness (QED) is 0.684. The smallest absolute Gasteiger partial charge is 0.277 e. The lowest BCUT2D eigenvalue weighted by molar-refractivity contribution is 0.409. The fourth-order valence-corrected chi connectivity index (χ4v) is 4.42. The minimum atomic E-state index is -0.0949. The molecule has 2 aromatic heterocycles. The Labute approximate surface area is 169 Å². The number of fused-ring (bicyclic) bond motifs is 1. The van der Waals surface area contributed by atoms with Gasteiger partial charge in [0.1, 0.15) is 5.75 Å². The Kier molecular flexibility index (Phi) is 4.42. The highest BCUT2D eigenvalue weighted by Gasteiger charge is 2.27. The summed E-state index contributed by atoms with van der Waals surface area (Å²) in [6, 6.07) is 6.19. The molecule has 0 amide bonds. The van der Waals surface area contributed by atoms with Gasteiger partial charge in [0.05, 0.1) is 13.3 Å². The van der Waals surface area contributed by atoms with Gasteiger partial charge in [0, 0.05) is 18.0 Å². The van der Waals surface area contributed by atoms with Gasteiger partial charge in [-0.1, -0.05) is 12.1 Å². The molecule has 3 aromatic rings. The summed E-state index contributed by atoms with van der Waals surface area (Å²) in [5.41, 5.74) is 5.39. The highest BCUT2D eigenvalue weighted by atomic mass is 16.5. The Morgan fingerprint density at radius 1 is 1.07 bits per heavy atom. The van der Waals surface area contributed by atoms with Crippen LogP contribution >= 0.6 is 0 Å². The van der Waals surface area contributed by atoms with Crippen LogP contribution < -0.4 is 10.3 Å². The van der Waals surface area contributed by atoms with Gasteiger partial charge in [-0.05, 0) is 79.2 Å². The van der Waals surface area contributed by atoms with Crippen LogP contribution in [0.4, 0.5) is 0 Å². The van der Waals surface area contributed by atoms with Gasteiger partial charge in [-0.15, -0.1) is 0 Å². The molecule has 0 radical (unpaired) electrons. The molecule has 0 aliphatic heterocycles. The lowest BCUT2D eigenvalue weighted by Gasteiger charge is -2.26. The zero-order valence-corrected chi connectivity index (χ0v) is 16.8. The monoisotopic (exact) mass is 388 g/mol. The molecule has 1 fully saturated rings. The Balaban J connectivity index is 1.44. The molecule has 0 spiro atoms. The predicted molar refractivity (Wildman–Crippen MR) is 110 cm³/mol. The van der Waals surface area contributed by atoms with E-state index in [1.807, 2.05) is 30.7 Å². The van der Waals surface area contributed by atoms with E-state index in [0.717, 1.165) is 41.7 Å². The van der Waals surface area contributed by atoms with E-state index in [9.17, 15) is 4.79 Å². The summed E-state index contributed by atoms with van der Waals surface area (Å²) in [7, 11) is 1.70. The SMILES string of the molecule is COc1cccc(C2CCc3c(cnn(-c4ncc(C5CC5)cn4)c3=O)C2)c1C. The molecule has 0 saturated heterocycles. The van der Waals surface area contributed by atoms with Crippen LogP contribution in [0.25, 0.3) is 5.95 Å². The van der Waals surface area contributed by atoms with Gasteiger partial charge in [0.15, 0.2) is 0 Å². The molecule has 6 heteroatoms. The summed E-state index contributed by atoms with van der Waals surface area (Å²) in [6.45, 7) is 2.10. The number of hydrogen-bond donors (Lipinski definition) is 0. The average Bonchev–Trinajstić information content (AvgIpc) is 3.60. The van der Waals surface area contributed by atoms with Gasteiger partial charge < -0.3 is 4.74 Å². The van der Waals surface area contributed by atoms with Crippen molar-refractivity contribution in [1.29, 1.82) is 0 Å². The third-order valence-corrected chi connectivity index (χ3v) is 6.26. The second kappa shape index (κ2) is 7.10. The van der Waals surface area contributed by atoms with Crippen LogP contribution in [0, 0.1) is 6.92 Å². The Bertz CT molecular complexity index is 1120. The first-order chi connectivity index (χ1) is 14.2. The van der Waals surface area contributed by atoms with Gasteiger partial charge in [-0.2, -0.15) is 9.78 Å². The van der Waals surface area contributed by atoms with Crippen molar-refractivity contribution in [3.8, 4) is 11.7 Å². The molecule has 1 saturated carbocycles. The third-order valence-electron chi connectivity index (χ3n) is 6.26. The first kappa shape index (κ1) is 18.0. The summed E-state index contributed by atoms with van der Waals surface area (Å²) >= 11 is 0. The first-order valence-corrected chi connectivity index (χ1v) is 10.2. The normalized spacial score (nSPS) is 18.3. The minimum absolute atomic E-state index is 0.0949. The molecule has 0 N–H and O–H groups in total. The van der Waals surface area contributed by atoms with E-state index in [-0.39, 0.29) is 5.56 Å². The summed E-state index contributed by atoms with van der Waals surface area (Å²) in [6.07, 6.45) is 10.4. The number of hydrogen-bond acceptors (Lipinski definition) is 5. The van der Waals surface area contributed by atoms with Gasteiger partial charge in [-0.25, -0.2) is 9.97 Å². The maximum atomic E-state index is 13.1. The largest absolute Gasteiger partial charge is 0.496 e. The van der Waals surface area contributed by atoms with E-state index < -0.39 is 0 Å². The molecule has 6 nitrogen and oxygen atoms in total. The summed E-state index contributed by atoms with van der Waals surface area (Å²) < 4.78 is 6.82. The lowest BCUT2D eigenvalue weighted by Crippen LogP contribution is -2.30. The maximum absolute atomic E-state index is 13.1. The molecule has 1 aromatic carbocycles. The fourth-order valence-electron chi connectivity index (χ4n) is 4.42. The van der Waals surface area contributed by atoms with E-state index in [2.05, 4.69) is 28.1 Å². The van der Waals surface area contributed by atoms with Crippen molar-refractivity contribution in [3.05, 3.63) is 75.0 Å². The van der Waals surface area contributed by atoms with Crippen LogP contribution in [0.3, 0.4) is 0 Å². The molecular weight excluding hydrogens is 364 g/mol. The van der Waals surface area contributed by atoms with Crippen molar-refractivity contribution in [1.82, 2.24) is 19.7 Å². The zero-order chi connectivity index (χ0) is 20.0. The second-order valence-corrected chi connectivity index (χ2v) is 8.07. The molecule has 29 heavy (non-hydrogen) atoms. The number of ether oxygens (including phenoxy) is 1. The van der Waals surface area contributed by atoms with Crippen molar-refractivity contribution < 1.29 is 4.74 Å². The van der Waals surface area contributed by atoms with Crippen LogP contribution in [0.15, 0.2) is 41.6 Å². The van der Waals surface area contributed by atoms with Gasteiger partial charge in [-0.3, -0.25) is 4.79 Å². The zero-order valence-electron chi connectivity index (χ0n) is 16.8. The minimum Gasteiger partial charge on any atom is -0.496 e. The second-order valence-electron chi connectivity index (χ2n) is 8.07.